The van der Waals surface area contributed by atoms with E-state index in [2.05, 4.69) is 4.74 Å². The average molecular weight is 394 g/mol. The molecule has 0 saturated heterocycles. The minimum Gasteiger partial charge on any atom is -0.493 e. The summed E-state index contributed by atoms with van der Waals surface area (Å²) in [5, 5.41) is 0. The number of methoxy groups -OCH3 is 2. The largest absolute Gasteiger partial charge is 0.493 e. The summed E-state index contributed by atoms with van der Waals surface area (Å²) in [7, 11) is 2.99. The molecule has 0 amide bonds. The molecule has 0 fully saturated rings. The van der Waals surface area contributed by atoms with E-state index in [9.17, 15) is 18.4 Å². The lowest BCUT2D eigenvalue weighted by molar-refractivity contribution is -0.145. The maximum absolute atomic E-state index is 12.3. The molecule has 1 atom stereocenters. The van der Waals surface area contributed by atoms with Crippen molar-refractivity contribution in [2.75, 3.05) is 14.2 Å². The van der Waals surface area contributed by atoms with Gasteiger partial charge in [-0.3, -0.25) is 9.59 Å². The van der Waals surface area contributed by atoms with Gasteiger partial charge in [-0.2, -0.15) is 8.78 Å². The Morgan fingerprint density at radius 2 is 1.61 bits per heavy atom. The van der Waals surface area contributed by atoms with Gasteiger partial charge in [0.05, 0.1) is 20.6 Å². The van der Waals surface area contributed by atoms with Gasteiger partial charge in [0.1, 0.15) is 5.75 Å². The van der Waals surface area contributed by atoms with Crippen LogP contribution < -0.4 is 14.2 Å². The number of Topliss-reactive ketones (excluding diaryl/α,β-unsaturated/α-hetero) is 1. The number of ketones is 1. The monoisotopic (exact) mass is 394 g/mol. The number of carbonyl (C=O) groups is 2. The summed E-state index contributed by atoms with van der Waals surface area (Å²) in [5.41, 5.74) is 0.851. The molecule has 2 rings (SSSR count). The first kappa shape index (κ1) is 21.1. The van der Waals surface area contributed by atoms with E-state index < -0.39 is 24.5 Å². The molecular formula is C20H20F2O6. The minimum absolute atomic E-state index is 0.0564. The Morgan fingerprint density at radius 1 is 0.964 bits per heavy atom. The SMILES string of the molecule is COc1ccc(CC(=O)O[C@H](C)C(=O)c2ccc(OC(F)F)cc2)cc1OC. The first-order valence-corrected chi connectivity index (χ1v) is 8.33. The smallest absolute Gasteiger partial charge is 0.387 e. The average Bonchev–Trinajstić information content (AvgIpc) is 2.67. The zero-order valence-corrected chi connectivity index (χ0v) is 15.6. The van der Waals surface area contributed by atoms with E-state index in [0.717, 1.165) is 0 Å². The molecule has 0 aliphatic heterocycles. The van der Waals surface area contributed by atoms with Crippen LogP contribution in [0.3, 0.4) is 0 Å². The fraction of sp³-hybridized carbons (Fsp3) is 0.300. The van der Waals surface area contributed by atoms with Crippen molar-refractivity contribution in [2.24, 2.45) is 0 Å². The zero-order valence-electron chi connectivity index (χ0n) is 15.6. The van der Waals surface area contributed by atoms with Gasteiger partial charge in [-0.05, 0) is 48.9 Å². The molecule has 0 radical (unpaired) electrons. The van der Waals surface area contributed by atoms with Crippen LogP contribution >= 0.6 is 0 Å². The van der Waals surface area contributed by atoms with Crippen molar-refractivity contribution in [3.63, 3.8) is 0 Å². The summed E-state index contributed by atoms with van der Waals surface area (Å²) in [6.07, 6.45) is -1.09. The number of benzene rings is 2. The van der Waals surface area contributed by atoms with Crippen molar-refractivity contribution in [1.29, 1.82) is 0 Å². The molecule has 6 nitrogen and oxygen atoms in total. The van der Waals surface area contributed by atoms with E-state index in [4.69, 9.17) is 14.2 Å². The molecule has 0 bridgehead atoms. The van der Waals surface area contributed by atoms with Gasteiger partial charge in [-0.15, -0.1) is 0 Å². The third-order valence-electron chi connectivity index (χ3n) is 3.84. The number of hydrogen-bond acceptors (Lipinski definition) is 6. The van der Waals surface area contributed by atoms with Gasteiger partial charge in [-0.25, -0.2) is 0 Å². The highest BCUT2D eigenvalue weighted by atomic mass is 19.3. The molecule has 0 saturated carbocycles. The molecule has 28 heavy (non-hydrogen) atoms. The Morgan fingerprint density at radius 3 is 2.18 bits per heavy atom. The first-order chi connectivity index (χ1) is 13.3. The lowest BCUT2D eigenvalue weighted by Crippen LogP contribution is -2.25. The second-order valence-corrected chi connectivity index (χ2v) is 5.77. The molecule has 2 aromatic rings. The third kappa shape index (κ3) is 5.67. The molecule has 0 unspecified atom stereocenters. The number of halogens is 2. The maximum Gasteiger partial charge on any atom is 0.387 e. The highest BCUT2D eigenvalue weighted by Crippen LogP contribution is 2.27. The topological polar surface area (TPSA) is 71.1 Å². The highest BCUT2D eigenvalue weighted by molar-refractivity contribution is 6.00. The van der Waals surface area contributed by atoms with Crippen LogP contribution in [0.4, 0.5) is 8.78 Å². The quantitative estimate of drug-likeness (QED) is 0.478. The predicted molar refractivity (Wildman–Crippen MR) is 96.2 cm³/mol. The fourth-order valence-electron chi connectivity index (χ4n) is 2.48. The molecule has 0 spiro atoms. The number of alkyl halides is 2. The lowest BCUT2D eigenvalue weighted by Gasteiger charge is -2.14. The van der Waals surface area contributed by atoms with Crippen LogP contribution in [0.25, 0.3) is 0 Å². The van der Waals surface area contributed by atoms with E-state index in [1.54, 1.807) is 18.2 Å². The first-order valence-electron chi connectivity index (χ1n) is 8.33. The van der Waals surface area contributed by atoms with Crippen molar-refractivity contribution < 1.29 is 37.3 Å². The molecule has 2 aromatic carbocycles. The second kappa shape index (κ2) is 9.68. The van der Waals surface area contributed by atoms with Gasteiger partial charge in [-0.1, -0.05) is 6.07 Å². The standard InChI is InChI=1S/C20H20F2O6/c1-12(19(24)14-5-7-15(8-6-14)28-20(21)22)27-18(23)11-13-4-9-16(25-2)17(10-13)26-3/h4-10,12,20H,11H2,1-3H3/t12-/m1/s1. The maximum atomic E-state index is 12.3. The summed E-state index contributed by atoms with van der Waals surface area (Å²) < 4.78 is 44.0. The van der Waals surface area contributed by atoms with Gasteiger partial charge >= 0.3 is 12.6 Å². The van der Waals surface area contributed by atoms with E-state index in [0.29, 0.717) is 17.1 Å². The fourth-order valence-corrected chi connectivity index (χ4v) is 2.48. The van der Waals surface area contributed by atoms with Crippen LogP contribution in [-0.4, -0.2) is 38.7 Å². The van der Waals surface area contributed by atoms with Crippen LogP contribution in [0.1, 0.15) is 22.8 Å². The van der Waals surface area contributed by atoms with Crippen LogP contribution in [0.15, 0.2) is 42.5 Å². The molecule has 0 N–H and O–H groups in total. The van der Waals surface area contributed by atoms with Crippen LogP contribution in [0.2, 0.25) is 0 Å². The Labute approximate surface area is 161 Å². The number of rotatable bonds is 9. The Bertz CT molecular complexity index is 820. The van der Waals surface area contributed by atoms with Crippen molar-refractivity contribution in [3.05, 3.63) is 53.6 Å². The molecule has 0 heterocycles. The number of ether oxygens (including phenoxy) is 4. The molecule has 150 valence electrons. The van der Waals surface area contributed by atoms with Crippen molar-refractivity contribution in [1.82, 2.24) is 0 Å². The Balaban J connectivity index is 1.97. The molecular weight excluding hydrogens is 374 g/mol. The van der Waals surface area contributed by atoms with E-state index in [-0.39, 0.29) is 17.7 Å². The van der Waals surface area contributed by atoms with Crippen molar-refractivity contribution in [3.8, 4) is 17.2 Å². The summed E-state index contributed by atoms with van der Waals surface area (Å²) in [6, 6.07) is 10.2. The second-order valence-electron chi connectivity index (χ2n) is 5.77. The Kier molecular flexibility index (Phi) is 7.31. The number of hydrogen-bond donors (Lipinski definition) is 0. The van der Waals surface area contributed by atoms with Gasteiger partial charge in [0.15, 0.2) is 17.6 Å². The molecule has 0 aliphatic carbocycles. The lowest BCUT2D eigenvalue weighted by atomic mass is 10.1. The minimum atomic E-state index is -2.95. The number of carbonyl (C=O) groups excluding carboxylic acids is 2. The van der Waals surface area contributed by atoms with E-state index in [1.165, 1.54) is 45.4 Å². The normalized spacial score (nSPS) is 11.6. The van der Waals surface area contributed by atoms with Gasteiger partial charge < -0.3 is 18.9 Å². The summed E-state index contributed by atoms with van der Waals surface area (Å²) >= 11 is 0. The van der Waals surface area contributed by atoms with Gasteiger partial charge in [0.2, 0.25) is 5.78 Å². The van der Waals surface area contributed by atoms with Crippen LogP contribution in [0.5, 0.6) is 17.2 Å². The molecule has 0 aromatic heterocycles. The summed E-state index contributed by atoms with van der Waals surface area (Å²) in [5.74, 6) is -0.106. The van der Waals surface area contributed by atoms with Crippen LogP contribution in [-0.2, 0) is 16.0 Å². The van der Waals surface area contributed by atoms with Crippen molar-refractivity contribution >= 4 is 11.8 Å². The predicted octanol–water partition coefficient (Wildman–Crippen LogP) is 3.66. The van der Waals surface area contributed by atoms with E-state index in [1.807, 2.05) is 0 Å². The van der Waals surface area contributed by atoms with Gasteiger partial charge in [0, 0.05) is 5.56 Å². The molecule has 0 aliphatic rings. The van der Waals surface area contributed by atoms with Gasteiger partial charge in [0.25, 0.3) is 0 Å². The summed E-state index contributed by atoms with van der Waals surface area (Å²) in [4.78, 5) is 24.5. The highest BCUT2D eigenvalue weighted by Gasteiger charge is 2.20. The number of esters is 1. The van der Waals surface area contributed by atoms with Crippen LogP contribution in [0, 0.1) is 0 Å². The van der Waals surface area contributed by atoms with E-state index >= 15 is 0 Å². The summed E-state index contributed by atoms with van der Waals surface area (Å²) in [6.45, 7) is -1.50. The Hall–Kier alpha value is -3.16. The zero-order chi connectivity index (χ0) is 20.7. The third-order valence-corrected chi connectivity index (χ3v) is 3.84. The van der Waals surface area contributed by atoms with Crippen molar-refractivity contribution in [2.45, 2.75) is 26.1 Å². The molecule has 8 heteroatoms.